The van der Waals surface area contributed by atoms with E-state index in [-0.39, 0.29) is 50.5 Å². The van der Waals surface area contributed by atoms with E-state index in [2.05, 4.69) is 25.9 Å². The molecule has 2 aromatic rings. The lowest BCUT2D eigenvalue weighted by atomic mass is 10.1. The maximum atomic E-state index is 13.1. The zero-order chi connectivity index (χ0) is 32.1. The second-order valence-corrected chi connectivity index (χ2v) is 10.7. The number of benzene rings is 2. The Bertz CT molecular complexity index is 1290. The number of amides is 3. The lowest BCUT2D eigenvalue weighted by Gasteiger charge is -2.48. The molecular formula is C28H31ClF6N4O4. The van der Waals surface area contributed by atoms with Crippen molar-refractivity contribution in [3.8, 4) is 0 Å². The number of alkyl halides is 6. The number of piperazine rings is 1. The summed E-state index contributed by atoms with van der Waals surface area (Å²) < 4.78 is 83.9. The average Bonchev–Trinajstić information content (AvgIpc) is 2.92. The van der Waals surface area contributed by atoms with Crippen LogP contribution in [0.4, 0.5) is 31.1 Å². The van der Waals surface area contributed by atoms with Crippen molar-refractivity contribution in [2.24, 2.45) is 0 Å². The predicted molar refractivity (Wildman–Crippen MR) is 145 cm³/mol. The number of hydrogen-bond donors (Lipinski definition) is 0. The molecule has 2 fully saturated rings. The van der Waals surface area contributed by atoms with Crippen molar-refractivity contribution < 1.29 is 45.5 Å². The van der Waals surface area contributed by atoms with E-state index in [1.54, 1.807) is 24.3 Å². The third kappa shape index (κ3) is 9.23. The molecule has 3 amide bonds. The van der Waals surface area contributed by atoms with Crippen LogP contribution in [-0.2, 0) is 39.8 Å². The highest BCUT2D eigenvalue weighted by molar-refractivity contribution is 6.30. The molecule has 43 heavy (non-hydrogen) atoms. The highest BCUT2D eigenvalue weighted by Crippen LogP contribution is 2.36. The normalized spacial score (nSPS) is 17.5. The van der Waals surface area contributed by atoms with Crippen molar-refractivity contribution in [1.82, 2.24) is 19.6 Å². The van der Waals surface area contributed by atoms with Crippen LogP contribution in [0.2, 0.25) is 5.02 Å². The van der Waals surface area contributed by atoms with Crippen LogP contribution in [0.25, 0.3) is 0 Å². The summed E-state index contributed by atoms with van der Waals surface area (Å²) in [4.78, 5) is 43.9. The van der Waals surface area contributed by atoms with Gasteiger partial charge in [0.1, 0.15) is 19.3 Å². The molecule has 2 aliphatic heterocycles. The van der Waals surface area contributed by atoms with Gasteiger partial charge < -0.3 is 19.4 Å². The van der Waals surface area contributed by atoms with Crippen molar-refractivity contribution in [1.29, 1.82) is 0 Å². The molecule has 236 valence electrons. The first-order valence-corrected chi connectivity index (χ1v) is 13.6. The van der Waals surface area contributed by atoms with Gasteiger partial charge in [-0.3, -0.25) is 14.5 Å². The summed E-state index contributed by atoms with van der Waals surface area (Å²) in [6, 6.07) is 7.68. The van der Waals surface area contributed by atoms with Crippen molar-refractivity contribution in [2.75, 3.05) is 40.3 Å². The summed E-state index contributed by atoms with van der Waals surface area (Å²) in [5.74, 6) is -0.740. The first kappa shape index (κ1) is 34.0. The highest BCUT2D eigenvalue weighted by atomic mass is 35.5. The number of halogens is 7. The Hall–Kier alpha value is -3.52. The summed E-state index contributed by atoms with van der Waals surface area (Å²) >= 11 is 6.00. The zero-order valence-electron chi connectivity index (χ0n) is 23.6. The molecule has 0 aliphatic carbocycles. The summed E-state index contributed by atoms with van der Waals surface area (Å²) in [6.07, 6.45) is -12.2. The topological polar surface area (TPSA) is 73.4 Å². The average molecular weight is 637 g/mol. The number of fused-ring (bicyclic) bond motifs is 1. The molecule has 0 bridgehead atoms. The Morgan fingerprint density at radius 1 is 0.977 bits per heavy atom. The molecule has 2 aromatic carbocycles. The monoisotopic (exact) mass is 636 g/mol. The van der Waals surface area contributed by atoms with Crippen molar-refractivity contribution in [3.05, 3.63) is 69.7 Å². The number of carbonyl (C=O) groups is 3. The van der Waals surface area contributed by atoms with Gasteiger partial charge in [0, 0.05) is 24.5 Å². The fourth-order valence-corrected chi connectivity index (χ4v) is 4.54. The first-order chi connectivity index (χ1) is 20.0. The third-order valence-electron chi connectivity index (χ3n) is 6.79. The van der Waals surface area contributed by atoms with E-state index in [9.17, 15) is 40.7 Å². The fraction of sp³-hybridized carbons (Fsp3) is 0.464. The van der Waals surface area contributed by atoms with Crippen LogP contribution in [0.3, 0.4) is 0 Å². The van der Waals surface area contributed by atoms with Gasteiger partial charge in [0.15, 0.2) is 0 Å². The van der Waals surface area contributed by atoms with Crippen LogP contribution in [0.5, 0.6) is 0 Å². The molecule has 1 unspecified atom stereocenters. The number of ether oxygens (including phenoxy) is 1. The largest absolute Gasteiger partial charge is 0.444 e. The summed E-state index contributed by atoms with van der Waals surface area (Å²) in [5, 5.41) is 0.454. The zero-order valence-corrected chi connectivity index (χ0v) is 24.4. The Kier molecular flexibility index (Phi) is 10.9. The molecule has 2 aliphatic rings. The molecular weight excluding hydrogens is 606 g/mol. The molecule has 15 heteroatoms. The van der Waals surface area contributed by atoms with Crippen LogP contribution < -0.4 is 0 Å². The van der Waals surface area contributed by atoms with Gasteiger partial charge in [0.2, 0.25) is 11.8 Å². The van der Waals surface area contributed by atoms with Crippen LogP contribution >= 0.6 is 11.6 Å². The molecule has 0 spiro atoms. The molecule has 4 rings (SSSR count). The van der Waals surface area contributed by atoms with Crippen LogP contribution in [0, 0.1) is 0 Å². The molecule has 0 N–H and O–H groups in total. The Balaban J connectivity index is 0.000000934. The smallest absolute Gasteiger partial charge is 0.416 e. The summed E-state index contributed by atoms with van der Waals surface area (Å²) in [5.41, 5.74) is -2.86. The van der Waals surface area contributed by atoms with Crippen molar-refractivity contribution in [2.45, 2.75) is 45.0 Å². The van der Waals surface area contributed by atoms with Crippen molar-refractivity contribution in [3.63, 3.8) is 0 Å². The van der Waals surface area contributed by atoms with E-state index in [1.807, 2.05) is 0 Å². The van der Waals surface area contributed by atoms with Crippen molar-refractivity contribution >= 4 is 29.5 Å². The molecule has 2 saturated heterocycles. The van der Waals surface area contributed by atoms with Gasteiger partial charge >= 0.3 is 18.4 Å². The minimum Gasteiger partial charge on any atom is -0.444 e. The predicted octanol–water partition coefficient (Wildman–Crippen LogP) is 5.48. The van der Waals surface area contributed by atoms with Crippen LogP contribution in [0.1, 0.15) is 35.6 Å². The van der Waals surface area contributed by atoms with E-state index in [0.717, 1.165) is 11.4 Å². The Morgan fingerprint density at radius 2 is 1.58 bits per heavy atom. The lowest BCUT2D eigenvalue weighted by molar-refractivity contribution is -0.160. The SMILES string of the molecule is CCN(C)C.O=C1CN2C(=O)CCN(C(=O)OCc3cc(C(F)(F)F)cc(C(F)(F)F)c3)C2CN1Cc1cccc(Cl)c1. The quantitative estimate of drug-likeness (QED) is 0.406. The molecule has 1 atom stereocenters. The Labute approximate surface area is 249 Å². The number of carbonyl (C=O) groups excluding carboxylic acids is 3. The van der Waals surface area contributed by atoms with E-state index < -0.39 is 47.9 Å². The first-order valence-electron chi connectivity index (χ1n) is 13.2. The molecule has 0 saturated carbocycles. The number of hydrogen-bond acceptors (Lipinski definition) is 5. The molecule has 0 aromatic heterocycles. The van der Waals surface area contributed by atoms with Crippen LogP contribution in [-0.4, -0.2) is 83.9 Å². The highest BCUT2D eigenvalue weighted by Gasteiger charge is 2.44. The van der Waals surface area contributed by atoms with Gasteiger partial charge in [-0.1, -0.05) is 30.7 Å². The lowest BCUT2D eigenvalue weighted by Crippen LogP contribution is -2.67. The maximum absolute atomic E-state index is 13.1. The van der Waals surface area contributed by atoms with E-state index in [0.29, 0.717) is 22.7 Å². The standard InChI is InChI=1S/C24H20ClF6N3O4.C4H11N/c25-18-3-1-2-14(8-18)10-32-11-19-33(5-4-20(35)34(19)12-21(32)36)22(37)38-13-15-6-16(23(26,27)28)9-17(7-15)24(29,30)31;1-4-5(2)3/h1-3,6-9,19H,4-5,10-13H2;4H2,1-3H3. The van der Waals surface area contributed by atoms with E-state index in [1.165, 1.54) is 9.80 Å². The number of rotatable bonds is 5. The minimum atomic E-state index is -5.05. The van der Waals surface area contributed by atoms with Gasteiger partial charge in [-0.2, -0.15) is 26.3 Å². The van der Waals surface area contributed by atoms with Gasteiger partial charge in [0.25, 0.3) is 0 Å². The molecule has 0 radical (unpaired) electrons. The van der Waals surface area contributed by atoms with E-state index >= 15 is 0 Å². The second-order valence-electron chi connectivity index (χ2n) is 10.2. The van der Waals surface area contributed by atoms with Gasteiger partial charge in [0.05, 0.1) is 17.7 Å². The Morgan fingerprint density at radius 3 is 2.12 bits per heavy atom. The summed E-state index contributed by atoms with van der Waals surface area (Å²) in [7, 11) is 4.11. The third-order valence-corrected chi connectivity index (χ3v) is 7.02. The molecule has 2 heterocycles. The minimum absolute atomic E-state index is 0.0208. The summed E-state index contributed by atoms with van der Waals surface area (Å²) in [6.45, 7) is 2.05. The van der Waals surface area contributed by atoms with Gasteiger partial charge in [-0.05, 0) is 62.1 Å². The number of nitrogens with zero attached hydrogens (tertiary/aromatic N) is 4. The maximum Gasteiger partial charge on any atom is 0.416 e. The molecule has 8 nitrogen and oxygen atoms in total. The second kappa shape index (κ2) is 13.8. The van der Waals surface area contributed by atoms with E-state index in [4.69, 9.17) is 16.3 Å². The van der Waals surface area contributed by atoms with Crippen LogP contribution in [0.15, 0.2) is 42.5 Å². The fourth-order valence-electron chi connectivity index (χ4n) is 4.33. The van der Waals surface area contributed by atoms with Gasteiger partial charge in [-0.15, -0.1) is 0 Å². The van der Waals surface area contributed by atoms with Gasteiger partial charge in [-0.25, -0.2) is 4.79 Å².